The summed E-state index contributed by atoms with van der Waals surface area (Å²) in [5, 5.41) is 0. The number of carbonyl (C=O) groups excluding carboxylic acids is 2. The molecule has 3 nitrogen and oxygen atoms in total. The Kier molecular flexibility index (Phi) is 1.28. The van der Waals surface area contributed by atoms with Gasteiger partial charge in [-0.1, -0.05) is 0 Å². The summed E-state index contributed by atoms with van der Waals surface area (Å²) in [6.45, 7) is 0. The largest absolute Gasteiger partial charge is 0.285 e. The SMILES string of the molecule is O=CN(C=O)C1CC1. The number of carbonyl (C=O) groups is 2. The van der Waals surface area contributed by atoms with Crippen LogP contribution < -0.4 is 0 Å². The van der Waals surface area contributed by atoms with E-state index in [2.05, 4.69) is 0 Å². The molecule has 0 spiro atoms. The average Bonchev–Trinajstić information content (AvgIpc) is 2.53. The summed E-state index contributed by atoms with van der Waals surface area (Å²) in [6.07, 6.45) is 3.12. The van der Waals surface area contributed by atoms with Crippen molar-refractivity contribution >= 4 is 12.8 Å². The van der Waals surface area contributed by atoms with Crippen molar-refractivity contribution in [1.82, 2.24) is 4.90 Å². The van der Waals surface area contributed by atoms with Crippen LogP contribution in [0.4, 0.5) is 0 Å². The zero-order chi connectivity index (χ0) is 5.98. The highest BCUT2D eigenvalue weighted by molar-refractivity contribution is 5.69. The summed E-state index contributed by atoms with van der Waals surface area (Å²) in [7, 11) is 0. The van der Waals surface area contributed by atoms with E-state index in [1.807, 2.05) is 0 Å². The van der Waals surface area contributed by atoms with Gasteiger partial charge in [0.1, 0.15) is 0 Å². The van der Waals surface area contributed by atoms with Gasteiger partial charge in [0.2, 0.25) is 12.8 Å². The maximum absolute atomic E-state index is 9.91. The Morgan fingerprint density at radius 3 is 1.88 bits per heavy atom. The number of nitrogens with zero attached hydrogens (tertiary/aromatic N) is 1. The lowest BCUT2D eigenvalue weighted by molar-refractivity contribution is -0.129. The van der Waals surface area contributed by atoms with E-state index >= 15 is 0 Å². The van der Waals surface area contributed by atoms with Gasteiger partial charge < -0.3 is 0 Å². The van der Waals surface area contributed by atoms with E-state index in [0.717, 1.165) is 12.8 Å². The van der Waals surface area contributed by atoms with Crippen LogP contribution in [-0.2, 0) is 9.59 Å². The summed E-state index contributed by atoms with van der Waals surface area (Å²) in [6, 6.07) is 0.227. The van der Waals surface area contributed by atoms with Crippen molar-refractivity contribution in [3.05, 3.63) is 0 Å². The van der Waals surface area contributed by atoms with Gasteiger partial charge in [0.15, 0.2) is 0 Å². The molecule has 1 aliphatic carbocycles. The zero-order valence-corrected chi connectivity index (χ0v) is 4.41. The first-order valence-electron chi connectivity index (χ1n) is 2.56. The molecule has 0 heterocycles. The minimum atomic E-state index is 0.227. The van der Waals surface area contributed by atoms with Crippen molar-refractivity contribution in [2.75, 3.05) is 0 Å². The fourth-order valence-electron chi connectivity index (χ4n) is 0.570. The maximum Gasteiger partial charge on any atom is 0.216 e. The molecule has 1 fully saturated rings. The summed E-state index contributed by atoms with van der Waals surface area (Å²) >= 11 is 0. The van der Waals surface area contributed by atoms with Crippen molar-refractivity contribution < 1.29 is 9.59 Å². The number of imide groups is 1. The van der Waals surface area contributed by atoms with Crippen molar-refractivity contribution in [2.45, 2.75) is 18.9 Å². The van der Waals surface area contributed by atoms with Crippen LogP contribution in [0.3, 0.4) is 0 Å². The molecule has 44 valence electrons. The first-order chi connectivity index (χ1) is 3.88. The van der Waals surface area contributed by atoms with Gasteiger partial charge in [0.05, 0.1) is 0 Å². The number of rotatable bonds is 3. The predicted octanol–water partition coefficient (Wildman–Crippen LogP) is -0.236. The van der Waals surface area contributed by atoms with E-state index in [-0.39, 0.29) is 6.04 Å². The van der Waals surface area contributed by atoms with Crippen molar-refractivity contribution in [3.63, 3.8) is 0 Å². The summed E-state index contributed by atoms with van der Waals surface area (Å²) in [5.74, 6) is 0. The predicted molar refractivity (Wildman–Crippen MR) is 27.0 cm³/mol. The van der Waals surface area contributed by atoms with Crippen LogP contribution in [0.15, 0.2) is 0 Å². The molecule has 0 radical (unpaired) electrons. The second-order valence-electron chi connectivity index (χ2n) is 1.89. The Labute approximate surface area is 47.3 Å². The third-order valence-electron chi connectivity index (χ3n) is 1.21. The zero-order valence-electron chi connectivity index (χ0n) is 4.41. The fourth-order valence-corrected chi connectivity index (χ4v) is 0.570. The highest BCUT2D eigenvalue weighted by Gasteiger charge is 2.27. The molecular formula is C5H7NO2. The maximum atomic E-state index is 9.91. The lowest BCUT2D eigenvalue weighted by atomic mass is 10.6. The molecule has 0 N–H and O–H groups in total. The van der Waals surface area contributed by atoms with E-state index in [9.17, 15) is 9.59 Å². The Balaban J connectivity index is 2.36. The smallest absolute Gasteiger partial charge is 0.216 e. The van der Waals surface area contributed by atoms with Gasteiger partial charge in [-0.15, -0.1) is 0 Å². The van der Waals surface area contributed by atoms with Crippen LogP contribution in [-0.4, -0.2) is 23.8 Å². The van der Waals surface area contributed by atoms with Crippen LogP contribution in [0, 0.1) is 0 Å². The van der Waals surface area contributed by atoms with Gasteiger partial charge in [-0.3, -0.25) is 14.5 Å². The molecule has 1 saturated carbocycles. The number of hydrogen-bond donors (Lipinski definition) is 0. The molecule has 0 aromatic carbocycles. The Morgan fingerprint density at radius 1 is 1.25 bits per heavy atom. The molecular weight excluding hydrogens is 106 g/mol. The molecule has 0 atom stereocenters. The molecule has 1 rings (SSSR count). The topological polar surface area (TPSA) is 37.4 Å². The molecule has 3 heteroatoms. The van der Waals surface area contributed by atoms with E-state index in [4.69, 9.17) is 0 Å². The van der Waals surface area contributed by atoms with Gasteiger partial charge >= 0.3 is 0 Å². The molecule has 2 amide bonds. The Morgan fingerprint density at radius 2 is 1.75 bits per heavy atom. The van der Waals surface area contributed by atoms with Gasteiger partial charge in [-0.2, -0.15) is 0 Å². The molecule has 0 aromatic rings. The van der Waals surface area contributed by atoms with Crippen LogP contribution in [0.2, 0.25) is 0 Å². The highest BCUT2D eigenvalue weighted by Crippen LogP contribution is 2.23. The second kappa shape index (κ2) is 1.94. The minimum Gasteiger partial charge on any atom is -0.285 e. The quantitative estimate of drug-likeness (QED) is 0.474. The van der Waals surface area contributed by atoms with Crippen molar-refractivity contribution in [2.24, 2.45) is 0 Å². The lowest BCUT2D eigenvalue weighted by Gasteiger charge is -2.02. The van der Waals surface area contributed by atoms with Crippen LogP contribution in [0.1, 0.15) is 12.8 Å². The highest BCUT2D eigenvalue weighted by atomic mass is 16.2. The van der Waals surface area contributed by atoms with Crippen LogP contribution in [0.25, 0.3) is 0 Å². The molecule has 0 unspecified atom stereocenters. The monoisotopic (exact) mass is 113 g/mol. The standard InChI is InChI=1S/C5H7NO2/c7-3-6(4-8)5-1-2-5/h3-5H,1-2H2. The summed E-state index contributed by atoms with van der Waals surface area (Å²) in [4.78, 5) is 21.0. The molecule has 8 heavy (non-hydrogen) atoms. The van der Waals surface area contributed by atoms with Crippen molar-refractivity contribution in [1.29, 1.82) is 0 Å². The van der Waals surface area contributed by atoms with Crippen LogP contribution in [0.5, 0.6) is 0 Å². The first-order valence-corrected chi connectivity index (χ1v) is 2.56. The average molecular weight is 113 g/mol. The lowest BCUT2D eigenvalue weighted by Crippen LogP contribution is -2.21. The summed E-state index contributed by atoms with van der Waals surface area (Å²) < 4.78 is 0. The molecule has 0 aromatic heterocycles. The Bertz CT molecular complexity index is 101. The molecule has 0 saturated heterocycles. The fraction of sp³-hybridized carbons (Fsp3) is 0.600. The first kappa shape index (κ1) is 5.28. The van der Waals surface area contributed by atoms with Gasteiger partial charge in [-0.25, -0.2) is 0 Å². The normalized spacial score (nSPS) is 17.5. The van der Waals surface area contributed by atoms with E-state index in [1.165, 1.54) is 4.90 Å². The third-order valence-corrected chi connectivity index (χ3v) is 1.21. The Hall–Kier alpha value is -0.860. The number of amides is 2. The van der Waals surface area contributed by atoms with Crippen molar-refractivity contribution in [3.8, 4) is 0 Å². The van der Waals surface area contributed by atoms with Crippen LogP contribution >= 0.6 is 0 Å². The number of hydrogen-bond acceptors (Lipinski definition) is 2. The van der Waals surface area contributed by atoms with E-state index in [1.54, 1.807) is 0 Å². The minimum absolute atomic E-state index is 0.227. The summed E-state index contributed by atoms with van der Waals surface area (Å²) in [5.41, 5.74) is 0. The van der Waals surface area contributed by atoms with Gasteiger partial charge in [0, 0.05) is 6.04 Å². The molecule has 1 aliphatic rings. The molecule has 0 aliphatic heterocycles. The third kappa shape index (κ3) is 0.857. The second-order valence-corrected chi connectivity index (χ2v) is 1.89. The molecule has 0 bridgehead atoms. The van der Waals surface area contributed by atoms with E-state index < -0.39 is 0 Å². The van der Waals surface area contributed by atoms with Gasteiger partial charge in [0.25, 0.3) is 0 Å². The van der Waals surface area contributed by atoms with Gasteiger partial charge in [-0.05, 0) is 12.8 Å². The van der Waals surface area contributed by atoms with E-state index in [0.29, 0.717) is 12.8 Å².